The van der Waals surface area contributed by atoms with Crippen molar-refractivity contribution in [1.29, 1.82) is 0 Å². The maximum atomic E-state index is 2.32. The highest BCUT2D eigenvalue weighted by Crippen LogP contribution is 2.27. The van der Waals surface area contributed by atoms with E-state index in [9.17, 15) is 0 Å². The van der Waals surface area contributed by atoms with Gasteiger partial charge in [0.25, 0.3) is 0 Å². The van der Waals surface area contributed by atoms with Crippen molar-refractivity contribution in [2.24, 2.45) is 0 Å². The molecule has 0 aliphatic carbocycles. The number of rotatable bonds is 4. The van der Waals surface area contributed by atoms with E-state index in [4.69, 9.17) is 0 Å². The summed E-state index contributed by atoms with van der Waals surface area (Å²) in [7, 11) is 0. The topological polar surface area (TPSA) is 0 Å². The molecule has 0 aromatic heterocycles. The third-order valence-corrected chi connectivity index (χ3v) is 3.90. The van der Waals surface area contributed by atoms with Crippen molar-refractivity contribution in [3.05, 3.63) is 76.4 Å². The van der Waals surface area contributed by atoms with Gasteiger partial charge in [0, 0.05) is 0 Å². The quantitative estimate of drug-likeness (QED) is 0.661. The summed E-state index contributed by atoms with van der Waals surface area (Å²) in [6, 6.07) is 17.5. The van der Waals surface area contributed by atoms with Crippen LogP contribution in [-0.2, 0) is 6.42 Å². The number of hydrogen-bond donors (Lipinski definition) is 0. The molecule has 0 saturated carbocycles. The molecule has 0 radical (unpaired) electrons. The van der Waals surface area contributed by atoms with Crippen LogP contribution in [0, 0.1) is 13.8 Å². The second kappa shape index (κ2) is 6.56. The van der Waals surface area contributed by atoms with E-state index in [1.165, 1.54) is 33.4 Å². The molecule has 0 amide bonds. The molecule has 0 atom stereocenters. The van der Waals surface area contributed by atoms with Gasteiger partial charge in [0.05, 0.1) is 0 Å². The number of allylic oxidation sites excluding steroid dienone is 2. The van der Waals surface area contributed by atoms with Gasteiger partial charge in [0.15, 0.2) is 0 Å². The molecule has 2 rings (SSSR count). The van der Waals surface area contributed by atoms with Gasteiger partial charge >= 0.3 is 0 Å². The Balaban J connectivity index is 2.39. The lowest BCUT2D eigenvalue weighted by Gasteiger charge is -2.15. The molecule has 0 fully saturated rings. The van der Waals surface area contributed by atoms with Crippen LogP contribution in [0.5, 0.6) is 0 Å². The van der Waals surface area contributed by atoms with E-state index in [-0.39, 0.29) is 0 Å². The molecule has 0 aliphatic rings. The zero-order valence-electron chi connectivity index (χ0n) is 13.0. The predicted octanol–water partition coefficient (Wildman–Crippen LogP) is 5.73. The van der Waals surface area contributed by atoms with Gasteiger partial charge in [0.2, 0.25) is 0 Å². The third-order valence-electron chi connectivity index (χ3n) is 3.90. The second-order valence-electron chi connectivity index (χ2n) is 5.59. The fraction of sp³-hybridized carbons (Fsp3) is 0.300. The highest BCUT2D eigenvalue weighted by Gasteiger charge is 2.08. The molecule has 104 valence electrons. The minimum absolute atomic E-state index is 1.04. The van der Waals surface area contributed by atoms with Gasteiger partial charge in [-0.05, 0) is 55.9 Å². The molecule has 0 heterocycles. The Bertz CT molecular complexity index is 603. The van der Waals surface area contributed by atoms with E-state index < -0.39 is 0 Å². The molecule has 20 heavy (non-hydrogen) atoms. The van der Waals surface area contributed by atoms with Crippen LogP contribution in [0.3, 0.4) is 0 Å². The van der Waals surface area contributed by atoms with Crippen LogP contribution < -0.4 is 0 Å². The van der Waals surface area contributed by atoms with Crippen molar-refractivity contribution in [2.75, 3.05) is 0 Å². The summed E-state index contributed by atoms with van der Waals surface area (Å²) in [6.45, 7) is 8.90. The molecule has 2 aromatic carbocycles. The van der Waals surface area contributed by atoms with Gasteiger partial charge in [-0.1, -0.05) is 66.6 Å². The molecule has 0 aliphatic heterocycles. The second-order valence-corrected chi connectivity index (χ2v) is 5.59. The van der Waals surface area contributed by atoms with Crippen LogP contribution in [0.1, 0.15) is 42.5 Å². The Morgan fingerprint density at radius 1 is 0.950 bits per heavy atom. The Labute approximate surface area is 123 Å². The Morgan fingerprint density at radius 2 is 1.65 bits per heavy atom. The summed E-state index contributed by atoms with van der Waals surface area (Å²) < 4.78 is 0. The Hall–Kier alpha value is -1.82. The summed E-state index contributed by atoms with van der Waals surface area (Å²) in [5, 5.41) is 0. The fourth-order valence-electron chi connectivity index (χ4n) is 2.79. The normalized spacial score (nSPS) is 12.2. The molecule has 0 heteroatoms. The summed E-state index contributed by atoms with van der Waals surface area (Å²) in [4.78, 5) is 0. The molecular formula is C20H24. The molecule has 0 saturated heterocycles. The third kappa shape index (κ3) is 3.39. The molecule has 0 spiro atoms. The van der Waals surface area contributed by atoms with Gasteiger partial charge in [0.1, 0.15) is 0 Å². The van der Waals surface area contributed by atoms with Gasteiger partial charge in [-0.15, -0.1) is 0 Å². The first-order valence-corrected chi connectivity index (χ1v) is 7.42. The largest absolute Gasteiger partial charge is 0.0651 e. The number of benzene rings is 2. The van der Waals surface area contributed by atoms with Crippen molar-refractivity contribution in [3.63, 3.8) is 0 Å². The molecular weight excluding hydrogens is 240 g/mol. The molecule has 0 N–H and O–H groups in total. The summed E-state index contributed by atoms with van der Waals surface area (Å²) in [5.74, 6) is 0. The maximum absolute atomic E-state index is 2.32. The zero-order chi connectivity index (χ0) is 14.5. The summed E-state index contributed by atoms with van der Waals surface area (Å²) >= 11 is 0. The van der Waals surface area contributed by atoms with Crippen LogP contribution >= 0.6 is 0 Å². The highest BCUT2D eigenvalue weighted by molar-refractivity contribution is 5.71. The van der Waals surface area contributed by atoms with E-state index in [0.29, 0.717) is 0 Å². The van der Waals surface area contributed by atoms with Crippen LogP contribution in [-0.4, -0.2) is 0 Å². The Kier molecular flexibility index (Phi) is 4.79. The minimum atomic E-state index is 1.04. The first-order valence-electron chi connectivity index (χ1n) is 7.42. The van der Waals surface area contributed by atoms with Gasteiger partial charge in [-0.2, -0.15) is 0 Å². The van der Waals surface area contributed by atoms with Gasteiger partial charge < -0.3 is 0 Å². The van der Waals surface area contributed by atoms with Crippen LogP contribution in [0.15, 0.2) is 54.1 Å². The predicted molar refractivity (Wildman–Crippen MR) is 88.9 cm³/mol. The molecule has 2 aromatic rings. The van der Waals surface area contributed by atoms with Crippen molar-refractivity contribution < 1.29 is 0 Å². The van der Waals surface area contributed by atoms with Crippen molar-refractivity contribution in [2.45, 2.75) is 40.5 Å². The first-order chi connectivity index (χ1) is 9.61. The molecule has 0 nitrogen and oxygen atoms in total. The van der Waals surface area contributed by atoms with E-state index in [1.807, 2.05) is 0 Å². The van der Waals surface area contributed by atoms with Crippen molar-refractivity contribution in [3.8, 4) is 0 Å². The average molecular weight is 264 g/mol. The number of aryl methyl sites for hydroxylation is 2. The summed E-state index contributed by atoms with van der Waals surface area (Å²) in [6.07, 6.45) is 2.13. The lowest BCUT2D eigenvalue weighted by Crippen LogP contribution is -1.96. The summed E-state index contributed by atoms with van der Waals surface area (Å²) in [5.41, 5.74) is 8.49. The lowest BCUT2D eigenvalue weighted by atomic mass is 9.91. The first kappa shape index (κ1) is 14.6. The van der Waals surface area contributed by atoms with E-state index in [1.54, 1.807) is 0 Å². The molecule has 0 bridgehead atoms. The van der Waals surface area contributed by atoms with Crippen molar-refractivity contribution >= 4 is 5.57 Å². The van der Waals surface area contributed by atoms with Crippen LogP contribution in [0.4, 0.5) is 0 Å². The average Bonchev–Trinajstić information content (AvgIpc) is 2.44. The van der Waals surface area contributed by atoms with E-state index in [0.717, 1.165) is 12.8 Å². The standard InChI is InChI=1S/C20H24/c1-5-19(20-13-15(2)11-12-16(20)3)17(4)14-18-9-7-6-8-10-18/h6-13H,5,14H2,1-4H3/b19-17-. The zero-order valence-corrected chi connectivity index (χ0v) is 13.0. The van der Waals surface area contributed by atoms with Crippen LogP contribution in [0.2, 0.25) is 0 Å². The number of hydrogen-bond acceptors (Lipinski definition) is 0. The Morgan fingerprint density at radius 3 is 2.30 bits per heavy atom. The smallest absolute Gasteiger partial charge is 0.00638 e. The van der Waals surface area contributed by atoms with Crippen molar-refractivity contribution in [1.82, 2.24) is 0 Å². The monoisotopic (exact) mass is 264 g/mol. The van der Waals surface area contributed by atoms with Crippen LogP contribution in [0.25, 0.3) is 5.57 Å². The van der Waals surface area contributed by atoms with Gasteiger partial charge in [-0.25, -0.2) is 0 Å². The maximum Gasteiger partial charge on any atom is -0.00638 e. The van der Waals surface area contributed by atoms with E-state index in [2.05, 4.69) is 76.2 Å². The highest BCUT2D eigenvalue weighted by atomic mass is 14.1. The SMILES string of the molecule is CC/C(=C(\C)Cc1ccccc1)c1cc(C)ccc1C. The minimum Gasteiger partial charge on any atom is -0.0651 e. The van der Waals surface area contributed by atoms with Gasteiger partial charge in [-0.3, -0.25) is 0 Å². The molecule has 0 unspecified atom stereocenters. The lowest BCUT2D eigenvalue weighted by molar-refractivity contribution is 1.10. The fourth-order valence-corrected chi connectivity index (χ4v) is 2.79. The van der Waals surface area contributed by atoms with E-state index >= 15 is 0 Å².